The smallest absolute Gasteiger partial charge is 0.350 e. The Kier molecular flexibility index (Phi) is 4.77. The third-order valence-electron chi connectivity index (χ3n) is 3.08. The average Bonchev–Trinajstić information content (AvgIpc) is 2.94. The predicted molar refractivity (Wildman–Crippen MR) is 85.2 cm³/mol. The number of methoxy groups -OCH3 is 4. The van der Waals surface area contributed by atoms with E-state index < -0.39 is 5.97 Å². The summed E-state index contributed by atoms with van der Waals surface area (Å²) in [5.74, 6) is 1.11. The van der Waals surface area contributed by atoms with Crippen molar-refractivity contribution in [3.8, 4) is 27.7 Å². The number of hydrogen-bond donors (Lipinski definition) is 1. The molecule has 1 aromatic heterocycles. The summed E-state index contributed by atoms with van der Waals surface area (Å²) in [7, 11) is 5.95. The molecule has 0 fully saturated rings. The Morgan fingerprint density at radius 1 is 1.00 bits per heavy atom. The van der Waals surface area contributed by atoms with Gasteiger partial charge in [-0.2, -0.15) is 0 Å². The summed E-state index contributed by atoms with van der Waals surface area (Å²) >= 11 is 1.25. The van der Waals surface area contributed by atoms with E-state index in [2.05, 4.69) is 0 Å². The molecule has 6 nitrogen and oxygen atoms in total. The van der Waals surface area contributed by atoms with Crippen LogP contribution in [0.4, 0.5) is 5.69 Å². The molecule has 2 rings (SSSR count). The Labute approximate surface area is 132 Å². The van der Waals surface area contributed by atoms with Gasteiger partial charge in [-0.3, -0.25) is 0 Å². The van der Waals surface area contributed by atoms with Crippen LogP contribution >= 0.6 is 11.3 Å². The zero-order chi connectivity index (χ0) is 16.3. The fourth-order valence-corrected chi connectivity index (χ4v) is 3.01. The van der Waals surface area contributed by atoms with E-state index in [0.29, 0.717) is 27.8 Å². The van der Waals surface area contributed by atoms with Crippen molar-refractivity contribution in [1.82, 2.24) is 0 Å². The van der Waals surface area contributed by atoms with Crippen LogP contribution in [0.2, 0.25) is 0 Å². The first kappa shape index (κ1) is 16.0. The first-order valence-electron chi connectivity index (χ1n) is 6.33. The van der Waals surface area contributed by atoms with Gasteiger partial charge < -0.3 is 24.7 Å². The van der Waals surface area contributed by atoms with Crippen molar-refractivity contribution in [3.63, 3.8) is 0 Å². The van der Waals surface area contributed by atoms with Gasteiger partial charge in [0.2, 0.25) is 5.75 Å². The SMILES string of the molecule is COC(=O)c1sc(-c2cc(OC)c(OC)c(OC)c2)cc1N. The number of hydrogen-bond acceptors (Lipinski definition) is 7. The van der Waals surface area contributed by atoms with Crippen LogP contribution in [0.5, 0.6) is 17.2 Å². The van der Waals surface area contributed by atoms with Gasteiger partial charge in [-0.1, -0.05) is 0 Å². The molecule has 7 heteroatoms. The molecule has 0 aliphatic rings. The monoisotopic (exact) mass is 323 g/mol. The zero-order valence-corrected chi connectivity index (χ0v) is 13.6. The van der Waals surface area contributed by atoms with Crippen LogP contribution < -0.4 is 19.9 Å². The van der Waals surface area contributed by atoms with E-state index in [1.165, 1.54) is 18.4 Å². The Hall–Kier alpha value is -2.41. The molecule has 0 saturated carbocycles. The highest BCUT2D eigenvalue weighted by molar-refractivity contribution is 7.18. The lowest BCUT2D eigenvalue weighted by Crippen LogP contribution is -2.00. The van der Waals surface area contributed by atoms with Crippen molar-refractivity contribution in [1.29, 1.82) is 0 Å². The standard InChI is InChI=1S/C15H17NO5S/c1-18-10-5-8(6-11(19-2)13(10)20-3)12-7-9(16)14(22-12)15(17)21-4/h5-7H,16H2,1-4H3. The fraction of sp³-hybridized carbons (Fsp3) is 0.267. The van der Waals surface area contributed by atoms with E-state index in [1.54, 1.807) is 39.5 Å². The number of rotatable bonds is 5. The van der Waals surface area contributed by atoms with Crippen molar-refractivity contribution < 1.29 is 23.7 Å². The van der Waals surface area contributed by atoms with Crippen LogP contribution in [-0.4, -0.2) is 34.4 Å². The number of esters is 1. The number of anilines is 1. The molecule has 1 aromatic carbocycles. The van der Waals surface area contributed by atoms with Crippen molar-refractivity contribution in [2.75, 3.05) is 34.2 Å². The third-order valence-corrected chi connectivity index (χ3v) is 4.26. The van der Waals surface area contributed by atoms with Gasteiger partial charge in [-0.05, 0) is 23.8 Å². The largest absolute Gasteiger partial charge is 0.493 e. The number of ether oxygens (including phenoxy) is 4. The van der Waals surface area contributed by atoms with E-state index in [0.717, 1.165) is 10.4 Å². The van der Waals surface area contributed by atoms with E-state index >= 15 is 0 Å². The molecule has 0 aliphatic heterocycles. The second kappa shape index (κ2) is 6.57. The summed E-state index contributed by atoms with van der Waals surface area (Å²) in [6, 6.07) is 5.32. The maximum absolute atomic E-state index is 11.7. The molecule has 0 amide bonds. The molecular formula is C15H17NO5S. The van der Waals surface area contributed by atoms with Crippen molar-refractivity contribution in [3.05, 3.63) is 23.1 Å². The molecule has 0 aliphatic carbocycles. The number of nitrogens with two attached hydrogens (primary N) is 1. The minimum Gasteiger partial charge on any atom is -0.493 e. The number of carbonyl (C=O) groups excluding carboxylic acids is 1. The molecule has 118 valence electrons. The second-order valence-corrected chi connectivity index (χ2v) is 5.35. The number of carbonyl (C=O) groups is 1. The third kappa shape index (κ3) is 2.80. The minimum absolute atomic E-state index is 0.367. The number of thiophene rings is 1. The van der Waals surface area contributed by atoms with E-state index in [9.17, 15) is 4.79 Å². The van der Waals surface area contributed by atoms with Crippen LogP contribution in [0, 0.1) is 0 Å². The van der Waals surface area contributed by atoms with Crippen LogP contribution in [0.25, 0.3) is 10.4 Å². The average molecular weight is 323 g/mol. The second-order valence-electron chi connectivity index (χ2n) is 4.30. The Balaban J connectivity index is 2.55. The predicted octanol–water partition coefficient (Wildman–Crippen LogP) is 2.81. The van der Waals surface area contributed by atoms with Crippen LogP contribution in [0.3, 0.4) is 0 Å². The molecule has 0 spiro atoms. The van der Waals surface area contributed by atoms with Crippen LogP contribution in [0.15, 0.2) is 18.2 Å². The molecule has 0 bridgehead atoms. The van der Waals surface area contributed by atoms with Crippen molar-refractivity contribution in [2.45, 2.75) is 0 Å². The van der Waals surface area contributed by atoms with Gasteiger partial charge in [0.05, 0.1) is 34.1 Å². The van der Waals surface area contributed by atoms with Gasteiger partial charge in [0.1, 0.15) is 4.88 Å². The first-order valence-corrected chi connectivity index (χ1v) is 7.15. The molecular weight excluding hydrogens is 306 g/mol. The molecule has 2 N–H and O–H groups in total. The van der Waals surface area contributed by atoms with Crippen LogP contribution in [0.1, 0.15) is 9.67 Å². The summed E-state index contributed by atoms with van der Waals surface area (Å²) < 4.78 is 20.6. The van der Waals surface area contributed by atoms with Gasteiger partial charge >= 0.3 is 5.97 Å². The van der Waals surface area contributed by atoms with Gasteiger partial charge in [0, 0.05) is 4.88 Å². The lowest BCUT2D eigenvalue weighted by atomic mass is 10.1. The lowest BCUT2D eigenvalue weighted by Gasteiger charge is -2.13. The van der Waals surface area contributed by atoms with Gasteiger partial charge in [-0.25, -0.2) is 4.79 Å². The summed E-state index contributed by atoms with van der Waals surface area (Å²) in [6.45, 7) is 0. The Bertz CT molecular complexity index is 670. The summed E-state index contributed by atoms with van der Waals surface area (Å²) in [5.41, 5.74) is 7.06. The molecule has 1 heterocycles. The van der Waals surface area contributed by atoms with Gasteiger partial charge in [-0.15, -0.1) is 11.3 Å². The highest BCUT2D eigenvalue weighted by atomic mass is 32.1. The van der Waals surface area contributed by atoms with Gasteiger partial charge in [0.25, 0.3) is 0 Å². The fourth-order valence-electron chi connectivity index (χ4n) is 2.02. The van der Waals surface area contributed by atoms with E-state index in [1.807, 2.05) is 0 Å². The molecule has 0 radical (unpaired) electrons. The molecule has 0 saturated heterocycles. The summed E-state index contributed by atoms with van der Waals surface area (Å²) in [6.07, 6.45) is 0. The maximum atomic E-state index is 11.7. The molecule has 0 unspecified atom stereocenters. The number of nitrogen functional groups attached to an aromatic ring is 1. The zero-order valence-electron chi connectivity index (χ0n) is 12.8. The Morgan fingerprint density at radius 3 is 2.05 bits per heavy atom. The summed E-state index contributed by atoms with van der Waals surface area (Å²) in [4.78, 5) is 12.8. The molecule has 22 heavy (non-hydrogen) atoms. The van der Waals surface area contributed by atoms with Crippen molar-refractivity contribution in [2.24, 2.45) is 0 Å². The Morgan fingerprint density at radius 2 is 1.59 bits per heavy atom. The van der Waals surface area contributed by atoms with E-state index in [4.69, 9.17) is 24.7 Å². The summed E-state index contributed by atoms with van der Waals surface area (Å²) in [5, 5.41) is 0. The minimum atomic E-state index is -0.457. The quantitative estimate of drug-likeness (QED) is 0.852. The lowest BCUT2D eigenvalue weighted by molar-refractivity contribution is 0.0607. The molecule has 0 atom stereocenters. The maximum Gasteiger partial charge on any atom is 0.350 e. The number of benzene rings is 1. The highest BCUT2D eigenvalue weighted by Crippen LogP contribution is 2.43. The van der Waals surface area contributed by atoms with Gasteiger partial charge in [0.15, 0.2) is 11.5 Å². The first-order chi connectivity index (χ1) is 10.5. The van der Waals surface area contributed by atoms with Crippen LogP contribution in [-0.2, 0) is 4.74 Å². The molecule has 2 aromatic rings. The normalized spacial score (nSPS) is 10.2. The van der Waals surface area contributed by atoms with E-state index in [-0.39, 0.29) is 0 Å². The van der Waals surface area contributed by atoms with Crippen molar-refractivity contribution >= 4 is 23.0 Å². The topological polar surface area (TPSA) is 80.0 Å². The highest BCUT2D eigenvalue weighted by Gasteiger charge is 2.19.